The number of rotatable bonds is 9. The van der Waals surface area contributed by atoms with Crippen LogP contribution in [0.2, 0.25) is 0 Å². The molecule has 0 aliphatic rings. The van der Waals surface area contributed by atoms with Crippen molar-refractivity contribution in [1.29, 1.82) is 0 Å². The monoisotopic (exact) mass is 384 g/mol. The van der Waals surface area contributed by atoms with Gasteiger partial charge in [-0.1, -0.05) is 17.8 Å². The average molecular weight is 384 g/mol. The van der Waals surface area contributed by atoms with Gasteiger partial charge in [-0.25, -0.2) is 0 Å². The number of carbonyl (C=O) groups excluding carboxylic acids is 1. The van der Waals surface area contributed by atoms with Crippen molar-refractivity contribution in [1.82, 2.24) is 30.1 Å². The van der Waals surface area contributed by atoms with Crippen LogP contribution in [0.1, 0.15) is 28.7 Å². The predicted octanol–water partition coefficient (Wildman–Crippen LogP) is 2.26. The highest BCUT2D eigenvalue weighted by atomic mass is 32.1. The number of aryl methyl sites for hydroxylation is 1. The summed E-state index contributed by atoms with van der Waals surface area (Å²) in [6.45, 7) is 3.04. The van der Waals surface area contributed by atoms with Gasteiger partial charge in [0.1, 0.15) is 10.7 Å². The Morgan fingerprint density at radius 1 is 1.04 bits per heavy atom. The van der Waals surface area contributed by atoms with E-state index in [0.717, 1.165) is 35.8 Å². The molecule has 9 nitrogen and oxygen atoms in total. The van der Waals surface area contributed by atoms with Crippen LogP contribution in [0.3, 0.4) is 0 Å². The fourth-order valence-electron chi connectivity index (χ4n) is 2.30. The van der Waals surface area contributed by atoms with E-state index in [2.05, 4.69) is 40.7 Å². The van der Waals surface area contributed by atoms with E-state index in [1.54, 1.807) is 12.4 Å². The fraction of sp³-hybridized carbons (Fsp3) is 0.294. The third-order valence-corrected chi connectivity index (χ3v) is 4.35. The van der Waals surface area contributed by atoms with E-state index in [0.29, 0.717) is 29.6 Å². The molecule has 0 atom stereocenters. The number of aromatic nitrogens is 5. The third kappa shape index (κ3) is 5.42. The van der Waals surface area contributed by atoms with Crippen molar-refractivity contribution in [2.45, 2.75) is 19.8 Å². The SMILES string of the molecule is CCCc1nnsc1C(=O)NCCNc1ccc(Nc2ccncc2)nn1. The summed E-state index contributed by atoms with van der Waals surface area (Å²) in [6, 6.07) is 7.35. The Labute approximate surface area is 160 Å². The number of pyridine rings is 1. The molecule has 0 radical (unpaired) electrons. The normalized spacial score (nSPS) is 10.4. The molecule has 0 bridgehead atoms. The lowest BCUT2D eigenvalue weighted by molar-refractivity contribution is 0.0958. The highest BCUT2D eigenvalue weighted by Crippen LogP contribution is 2.13. The molecule has 0 spiro atoms. The zero-order valence-electron chi connectivity index (χ0n) is 14.8. The lowest BCUT2D eigenvalue weighted by Gasteiger charge is -2.08. The Bertz CT molecular complexity index is 853. The molecular formula is C17H20N8OS. The summed E-state index contributed by atoms with van der Waals surface area (Å²) in [5.74, 6) is 1.13. The van der Waals surface area contributed by atoms with Gasteiger partial charge in [-0.3, -0.25) is 9.78 Å². The average Bonchev–Trinajstić information content (AvgIpc) is 3.16. The molecule has 0 fully saturated rings. The molecule has 27 heavy (non-hydrogen) atoms. The largest absolute Gasteiger partial charge is 0.367 e. The van der Waals surface area contributed by atoms with Gasteiger partial charge in [0.15, 0.2) is 5.82 Å². The van der Waals surface area contributed by atoms with E-state index in [9.17, 15) is 4.79 Å². The standard InChI is InChI=1S/C17H20N8OS/c1-2-3-13-16(27-25-22-13)17(26)20-11-10-19-14-4-5-15(24-23-14)21-12-6-8-18-9-7-12/h4-9H,2-3,10-11H2,1H3,(H,19,23)(H,20,26)(H,18,21,24). The molecule has 3 aromatic heterocycles. The Morgan fingerprint density at radius 2 is 1.81 bits per heavy atom. The first-order valence-corrected chi connectivity index (χ1v) is 9.37. The smallest absolute Gasteiger partial charge is 0.265 e. The van der Waals surface area contributed by atoms with Gasteiger partial charge in [0.25, 0.3) is 5.91 Å². The van der Waals surface area contributed by atoms with Gasteiger partial charge in [-0.15, -0.1) is 15.3 Å². The van der Waals surface area contributed by atoms with Crippen LogP contribution in [0.25, 0.3) is 0 Å². The summed E-state index contributed by atoms with van der Waals surface area (Å²) in [6.07, 6.45) is 5.09. The zero-order chi connectivity index (χ0) is 18.9. The topological polar surface area (TPSA) is 118 Å². The first-order chi connectivity index (χ1) is 13.3. The summed E-state index contributed by atoms with van der Waals surface area (Å²) in [7, 11) is 0. The molecule has 0 unspecified atom stereocenters. The summed E-state index contributed by atoms with van der Waals surface area (Å²) in [5, 5.41) is 21.3. The van der Waals surface area contributed by atoms with Crippen LogP contribution in [0, 0.1) is 0 Å². The summed E-state index contributed by atoms with van der Waals surface area (Å²) in [4.78, 5) is 16.7. The van der Waals surface area contributed by atoms with Crippen molar-refractivity contribution in [2.24, 2.45) is 0 Å². The van der Waals surface area contributed by atoms with Crippen LogP contribution in [0.15, 0.2) is 36.7 Å². The van der Waals surface area contributed by atoms with Gasteiger partial charge in [-0.2, -0.15) is 0 Å². The highest BCUT2D eigenvalue weighted by Gasteiger charge is 2.14. The molecule has 140 valence electrons. The molecule has 0 aromatic carbocycles. The number of amides is 1. The van der Waals surface area contributed by atoms with E-state index in [-0.39, 0.29) is 5.91 Å². The minimum atomic E-state index is -0.141. The molecule has 3 aromatic rings. The second-order valence-electron chi connectivity index (χ2n) is 5.65. The molecule has 3 rings (SSSR count). The summed E-state index contributed by atoms with van der Waals surface area (Å²) in [5.41, 5.74) is 1.65. The van der Waals surface area contributed by atoms with E-state index >= 15 is 0 Å². The van der Waals surface area contributed by atoms with Crippen molar-refractivity contribution >= 4 is 34.8 Å². The molecule has 1 amide bonds. The minimum absolute atomic E-state index is 0.141. The van der Waals surface area contributed by atoms with E-state index in [1.807, 2.05) is 31.2 Å². The predicted molar refractivity (Wildman–Crippen MR) is 104 cm³/mol. The lowest BCUT2D eigenvalue weighted by Crippen LogP contribution is -2.29. The van der Waals surface area contributed by atoms with Crippen LogP contribution in [-0.4, -0.2) is 43.8 Å². The Hall–Kier alpha value is -3.14. The highest BCUT2D eigenvalue weighted by molar-refractivity contribution is 7.08. The maximum absolute atomic E-state index is 12.2. The van der Waals surface area contributed by atoms with Crippen molar-refractivity contribution in [3.8, 4) is 0 Å². The van der Waals surface area contributed by atoms with Crippen molar-refractivity contribution in [3.63, 3.8) is 0 Å². The molecular weight excluding hydrogens is 364 g/mol. The molecule has 0 saturated carbocycles. The molecule has 0 aliphatic carbocycles. The quantitative estimate of drug-likeness (QED) is 0.481. The molecule has 0 aliphatic heterocycles. The zero-order valence-corrected chi connectivity index (χ0v) is 15.7. The van der Waals surface area contributed by atoms with Gasteiger partial charge >= 0.3 is 0 Å². The first kappa shape index (κ1) is 18.6. The Morgan fingerprint density at radius 3 is 2.56 bits per heavy atom. The van der Waals surface area contributed by atoms with Crippen molar-refractivity contribution in [2.75, 3.05) is 23.7 Å². The number of anilines is 3. The first-order valence-electron chi connectivity index (χ1n) is 8.60. The molecule has 3 N–H and O–H groups in total. The summed E-state index contributed by atoms with van der Waals surface area (Å²) < 4.78 is 3.86. The number of hydrogen-bond acceptors (Lipinski definition) is 9. The van der Waals surface area contributed by atoms with Gasteiger partial charge in [-0.05, 0) is 42.2 Å². The van der Waals surface area contributed by atoms with Crippen LogP contribution in [0.5, 0.6) is 0 Å². The Balaban J connectivity index is 1.42. The summed E-state index contributed by atoms with van der Waals surface area (Å²) >= 11 is 1.13. The van der Waals surface area contributed by atoms with Gasteiger partial charge < -0.3 is 16.0 Å². The van der Waals surface area contributed by atoms with Crippen LogP contribution < -0.4 is 16.0 Å². The maximum Gasteiger partial charge on any atom is 0.265 e. The molecule has 10 heteroatoms. The number of nitrogens with zero attached hydrogens (tertiary/aromatic N) is 5. The fourth-order valence-corrected chi connectivity index (χ4v) is 2.93. The van der Waals surface area contributed by atoms with E-state index < -0.39 is 0 Å². The van der Waals surface area contributed by atoms with E-state index in [1.165, 1.54) is 0 Å². The van der Waals surface area contributed by atoms with Crippen molar-refractivity contribution < 1.29 is 4.79 Å². The van der Waals surface area contributed by atoms with Crippen LogP contribution in [0.4, 0.5) is 17.3 Å². The van der Waals surface area contributed by atoms with Gasteiger partial charge in [0.2, 0.25) is 0 Å². The Kier molecular flexibility index (Phi) is 6.58. The van der Waals surface area contributed by atoms with Crippen LogP contribution >= 0.6 is 11.5 Å². The number of hydrogen-bond donors (Lipinski definition) is 3. The third-order valence-electron chi connectivity index (χ3n) is 3.58. The van der Waals surface area contributed by atoms with Gasteiger partial charge in [0, 0.05) is 31.2 Å². The van der Waals surface area contributed by atoms with Crippen molar-refractivity contribution in [3.05, 3.63) is 47.2 Å². The minimum Gasteiger partial charge on any atom is -0.367 e. The van der Waals surface area contributed by atoms with Crippen LogP contribution in [-0.2, 0) is 6.42 Å². The second kappa shape index (κ2) is 9.53. The second-order valence-corrected chi connectivity index (χ2v) is 6.40. The number of nitrogens with one attached hydrogen (secondary N) is 3. The van der Waals surface area contributed by atoms with Gasteiger partial charge in [0.05, 0.1) is 5.69 Å². The molecule has 0 saturated heterocycles. The lowest BCUT2D eigenvalue weighted by atomic mass is 10.2. The van der Waals surface area contributed by atoms with E-state index in [4.69, 9.17) is 0 Å². The maximum atomic E-state index is 12.2. The number of carbonyl (C=O) groups is 1. The molecule has 3 heterocycles.